The lowest BCUT2D eigenvalue weighted by molar-refractivity contribution is 0.0696. The molecule has 184 valence electrons. The standard InChI is InChI=1S/C25H28N4O5S/c1-15-5-3-6-16(2)23(15)21-13-22(34-14-19(26)11-17-9-10-17)28-25(27-21)29-35(32,33)20-8-4-7-18(12-20)24(30)31/h3-8,12-13,17,19H,9-11,14,26H2,1-2H3,(H,30,31)(H,27,28,29). The topological polar surface area (TPSA) is 144 Å². The molecule has 10 heteroatoms. The van der Waals surface area contributed by atoms with Crippen LogP contribution in [0.15, 0.2) is 53.4 Å². The first-order valence-electron chi connectivity index (χ1n) is 11.3. The van der Waals surface area contributed by atoms with Crippen LogP contribution < -0.4 is 15.2 Å². The number of ether oxygens (including phenoxy) is 1. The van der Waals surface area contributed by atoms with Gasteiger partial charge in [0.2, 0.25) is 11.8 Å². The number of hydrogen-bond donors (Lipinski definition) is 3. The van der Waals surface area contributed by atoms with E-state index < -0.39 is 16.0 Å². The quantitative estimate of drug-likeness (QED) is 0.385. The van der Waals surface area contributed by atoms with E-state index in [4.69, 9.17) is 10.5 Å². The lowest BCUT2D eigenvalue weighted by atomic mass is 10.00. The lowest BCUT2D eigenvalue weighted by Gasteiger charge is -2.16. The predicted octanol–water partition coefficient (Wildman–Crippen LogP) is 3.77. The molecule has 0 radical (unpaired) electrons. The number of sulfonamides is 1. The minimum absolute atomic E-state index is 0.147. The fraction of sp³-hybridized carbons (Fsp3) is 0.320. The zero-order chi connectivity index (χ0) is 25.2. The maximum Gasteiger partial charge on any atom is 0.335 e. The summed E-state index contributed by atoms with van der Waals surface area (Å²) in [5.41, 5.74) is 9.30. The van der Waals surface area contributed by atoms with Crippen molar-refractivity contribution >= 4 is 21.9 Å². The summed E-state index contributed by atoms with van der Waals surface area (Å²) in [6.45, 7) is 4.13. The van der Waals surface area contributed by atoms with E-state index in [9.17, 15) is 18.3 Å². The first kappa shape index (κ1) is 24.6. The lowest BCUT2D eigenvalue weighted by Crippen LogP contribution is -2.28. The van der Waals surface area contributed by atoms with Crippen LogP contribution in [0.5, 0.6) is 5.88 Å². The van der Waals surface area contributed by atoms with E-state index in [0.29, 0.717) is 11.6 Å². The average Bonchev–Trinajstić information content (AvgIpc) is 3.61. The van der Waals surface area contributed by atoms with Crippen molar-refractivity contribution in [3.8, 4) is 17.1 Å². The normalized spacial score (nSPS) is 14.4. The van der Waals surface area contributed by atoms with Crippen LogP contribution in [0.25, 0.3) is 11.3 Å². The van der Waals surface area contributed by atoms with Crippen molar-refractivity contribution in [1.82, 2.24) is 9.97 Å². The number of nitrogens with one attached hydrogen (secondary N) is 1. The molecular weight excluding hydrogens is 468 g/mol. The zero-order valence-electron chi connectivity index (χ0n) is 19.6. The van der Waals surface area contributed by atoms with Gasteiger partial charge in [-0.15, -0.1) is 0 Å². The largest absolute Gasteiger partial charge is 0.478 e. The van der Waals surface area contributed by atoms with Crippen LogP contribution in [0.2, 0.25) is 0 Å². The van der Waals surface area contributed by atoms with Crippen LogP contribution >= 0.6 is 0 Å². The Morgan fingerprint density at radius 2 is 1.83 bits per heavy atom. The first-order valence-corrected chi connectivity index (χ1v) is 12.8. The smallest absolute Gasteiger partial charge is 0.335 e. The Hall–Kier alpha value is -3.50. The highest BCUT2D eigenvalue weighted by molar-refractivity contribution is 7.92. The SMILES string of the molecule is Cc1cccc(C)c1-c1cc(OCC(N)CC2CC2)nc(NS(=O)(=O)c2cccc(C(=O)O)c2)n1. The van der Waals surface area contributed by atoms with Crippen molar-refractivity contribution in [1.29, 1.82) is 0 Å². The Bertz CT molecular complexity index is 1340. The summed E-state index contributed by atoms with van der Waals surface area (Å²) in [5, 5.41) is 9.21. The number of anilines is 1. The fourth-order valence-electron chi connectivity index (χ4n) is 3.91. The molecule has 1 unspecified atom stereocenters. The number of aryl methyl sites for hydroxylation is 2. The van der Waals surface area contributed by atoms with E-state index in [0.717, 1.165) is 29.2 Å². The molecule has 1 atom stereocenters. The Kier molecular flexibility index (Phi) is 7.04. The van der Waals surface area contributed by atoms with Crippen LogP contribution in [0.1, 0.15) is 40.7 Å². The fourth-order valence-corrected chi connectivity index (χ4v) is 4.90. The molecule has 0 spiro atoms. The number of aromatic nitrogens is 2. The molecule has 1 saturated carbocycles. The van der Waals surface area contributed by atoms with Crippen molar-refractivity contribution in [3.05, 3.63) is 65.2 Å². The summed E-state index contributed by atoms with van der Waals surface area (Å²) in [6.07, 6.45) is 3.24. The molecule has 9 nitrogen and oxygen atoms in total. The molecule has 0 amide bonds. The molecular formula is C25H28N4O5S. The minimum Gasteiger partial charge on any atom is -0.478 e. The molecule has 3 aromatic rings. The van der Waals surface area contributed by atoms with Gasteiger partial charge in [0.05, 0.1) is 16.2 Å². The van der Waals surface area contributed by atoms with Crippen LogP contribution in [0, 0.1) is 19.8 Å². The molecule has 1 heterocycles. The first-order chi connectivity index (χ1) is 16.6. The number of benzene rings is 2. The van der Waals surface area contributed by atoms with Crippen molar-refractivity contribution in [2.75, 3.05) is 11.3 Å². The number of hydrogen-bond acceptors (Lipinski definition) is 7. The summed E-state index contributed by atoms with van der Waals surface area (Å²) in [7, 11) is -4.16. The summed E-state index contributed by atoms with van der Waals surface area (Å²) in [6, 6.07) is 12.4. The highest BCUT2D eigenvalue weighted by Crippen LogP contribution is 2.33. The Morgan fingerprint density at radius 3 is 2.49 bits per heavy atom. The molecule has 1 aromatic heterocycles. The molecule has 0 bridgehead atoms. The van der Waals surface area contributed by atoms with Crippen molar-refractivity contribution in [2.45, 2.75) is 44.0 Å². The Balaban J connectivity index is 1.68. The number of aromatic carboxylic acids is 1. The molecule has 1 aliphatic carbocycles. The summed E-state index contributed by atoms with van der Waals surface area (Å²) < 4.78 is 34.3. The van der Waals surface area contributed by atoms with Gasteiger partial charge in [0.1, 0.15) is 6.61 Å². The maximum absolute atomic E-state index is 13.0. The van der Waals surface area contributed by atoms with Gasteiger partial charge in [-0.25, -0.2) is 22.9 Å². The third-order valence-electron chi connectivity index (χ3n) is 5.84. The Labute approximate surface area is 204 Å². The van der Waals surface area contributed by atoms with E-state index in [1.807, 2.05) is 32.0 Å². The van der Waals surface area contributed by atoms with E-state index in [1.54, 1.807) is 6.07 Å². The van der Waals surface area contributed by atoms with Gasteiger partial charge >= 0.3 is 5.97 Å². The van der Waals surface area contributed by atoms with E-state index in [2.05, 4.69) is 14.7 Å². The molecule has 0 saturated heterocycles. The molecule has 35 heavy (non-hydrogen) atoms. The third-order valence-corrected chi connectivity index (χ3v) is 7.16. The molecule has 4 N–H and O–H groups in total. The number of carboxylic acid groups (broad SMARTS) is 1. The van der Waals surface area contributed by atoms with Gasteiger partial charge in [-0.3, -0.25) is 0 Å². The van der Waals surface area contributed by atoms with E-state index in [-0.39, 0.29) is 34.9 Å². The Morgan fingerprint density at radius 1 is 1.14 bits per heavy atom. The predicted molar refractivity (Wildman–Crippen MR) is 132 cm³/mol. The van der Waals surface area contributed by atoms with Crippen LogP contribution in [0.4, 0.5) is 5.95 Å². The van der Waals surface area contributed by atoms with E-state index >= 15 is 0 Å². The average molecular weight is 497 g/mol. The van der Waals surface area contributed by atoms with Gasteiger partial charge in [0, 0.05) is 17.7 Å². The molecule has 2 aromatic carbocycles. The second kappa shape index (κ2) is 10.0. The summed E-state index contributed by atoms with van der Waals surface area (Å²) >= 11 is 0. The van der Waals surface area contributed by atoms with Gasteiger partial charge in [-0.05, 0) is 55.5 Å². The van der Waals surface area contributed by atoms with Gasteiger partial charge in [-0.2, -0.15) is 4.98 Å². The van der Waals surface area contributed by atoms with Crippen molar-refractivity contribution in [2.24, 2.45) is 11.7 Å². The summed E-state index contributed by atoms with van der Waals surface area (Å²) in [4.78, 5) is 19.8. The van der Waals surface area contributed by atoms with Gasteiger partial charge < -0.3 is 15.6 Å². The van der Waals surface area contributed by atoms with Gasteiger partial charge in [0.25, 0.3) is 10.0 Å². The molecule has 0 aliphatic heterocycles. The zero-order valence-corrected chi connectivity index (χ0v) is 20.4. The second-order valence-electron chi connectivity index (χ2n) is 8.87. The second-order valence-corrected chi connectivity index (χ2v) is 10.6. The van der Waals surface area contributed by atoms with Crippen LogP contribution in [0.3, 0.4) is 0 Å². The monoisotopic (exact) mass is 496 g/mol. The number of rotatable bonds is 10. The third kappa shape index (κ3) is 6.14. The molecule has 4 rings (SSSR count). The van der Waals surface area contributed by atoms with Crippen molar-refractivity contribution < 1.29 is 23.1 Å². The number of carboxylic acids is 1. The number of nitrogens with two attached hydrogens (primary N) is 1. The molecule has 1 fully saturated rings. The summed E-state index contributed by atoms with van der Waals surface area (Å²) in [5.74, 6) is -0.570. The number of carbonyl (C=O) groups is 1. The van der Waals surface area contributed by atoms with Crippen molar-refractivity contribution in [3.63, 3.8) is 0 Å². The van der Waals surface area contributed by atoms with Gasteiger partial charge in [-0.1, -0.05) is 37.1 Å². The van der Waals surface area contributed by atoms with Crippen LogP contribution in [-0.2, 0) is 10.0 Å². The maximum atomic E-state index is 13.0. The van der Waals surface area contributed by atoms with Gasteiger partial charge in [0.15, 0.2) is 0 Å². The minimum atomic E-state index is -4.16. The van der Waals surface area contributed by atoms with Crippen LogP contribution in [-0.4, -0.2) is 42.1 Å². The number of nitrogens with zero attached hydrogens (tertiary/aromatic N) is 2. The highest BCUT2D eigenvalue weighted by Gasteiger charge is 2.24. The highest BCUT2D eigenvalue weighted by atomic mass is 32.2. The molecule has 1 aliphatic rings. The van der Waals surface area contributed by atoms with E-state index in [1.165, 1.54) is 31.0 Å².